The highest BCUT2D eigenvalue weighted by Gasteiger charge is 2.15. The van der Waals surface area contributed by atoms with E-state index >= 15 is 0 Å². The van der Waals surface area contributed by atoms with E-state index in [0.717, 1.165) is 17.2 Å². The lowest BCUT2D eigenvalue weighted by Gasteiger charge is -2.08. The summed E-state index contributed by atoms with van der Waals surface area (Å²) in [5.41, 5.74) is 0.230. The van der Waals surface area contributed by atoms with Crippen LogP contribution in [0.3, 0.4) is 0 Å². The third kappa shape index (κ3) is 6.08. The van der Waals surface area contributed by atoms with Gasteiger partial charge < -0.3 is 10.4 Å². The summed E-state index contributed by atoms with van der Waals surface area (Å²) in [6, 6.07) is 5.90. The fourth-order valence-corrected chi connectivity index (χ4v) is 3.11. The molecule has 2 N–H and O–H groups in total. The van der Waals surface area contributed by atoms with Crippen LogP contribution >= 0.6 is 11.8 Å². The molecule has 0 aliphatic carbocycles. The number of carbonyl (C=O) groups excluding carboxylic acids is 1. The molecule has 2 aromatic rings. The minimum absolute atomic E-state index is 0.0889. The average Bonchev–Trinajstić information content (AvgIpc) is 2.68. The van der Waals surface area contributed by atoms with E-state index in [1.807, 2.05) is 6.07 Å². The van der Waals surface area contributed by atoms with Gasteiger partial charge in [-0.05, 0) is 30.4 Å². The van der Waals surface area contributed by atoms with Crippen LogP contribution in [0.2, 0.25) is 0 Å². The van der Waals surface area contributed by atoms with Gasteiger partial charge in [0.1, 0.15) is 10.7 Å². The van der Waals surface area contributed by atoms with Crippen molar-refractivity contribution >= 4 is 29.3 Å². The zero-order valence-corrected chi connectivity index (χ0v) is 15.8. The lowest BCUT2D eigenvalue weighted by Crippen LogP contribution is -2.16. The molecule has 0 atom stereocenters. The highest BCUT2D eigenvalue weighted by molar-refractivity contribution is 7.99. The Hall–Kier alpha value is -2.92. The van der Waals surface area contributed by atoms with Crippen LogP contribution in [0, 0.1) is 11.3 Å². The fraction of sp³-hybridized carbons (Fsp3) is 0.316. The van der Waals surface area contributed by atoms with Crippen molar-refractivity contribution in [3.63, 3.8) is 0 Å². The Kier molecular flexibility index (Phi) is 7.77. The number of nitrogens with zero attached hydrogens (tertiary/aromatic N) is 3. The molecule has 0 unspecified atom stereocenters. The second-order valence-electron chi connectivity index (χ2n) is 5.78. The van der Waals surface area contributed by atoms with E-state index in [1.54, 1.807) is 11.8 Å². The van der Waals surface area contributed by atoms with E-state index in [2.05, 4.69) is 22.2 Å². The summed E-state index contributed by atoms with van der Waals surface area (Å²) in [5, 5.41) is 21.4. The molecule has 0 radical (unpaired) electrons. The topological polar surface area (TPSA) is 116 Å². The summed E-state index contributed by atoms with van der Waals surface area (Å²) in [5.74, 6) is -0.842. The predicted molar refractivity (Wildman–Crippen MR) is 103 cm³/mol. The molecular weight excluding hydrogens is 364 g/mol. The number of carboxylic acid groups (broad SMARTS) is 1. The van der Waals surface area contributed by atoms with Gasteiger partial charge in [0, 0.05) is 0 Å². The van der Waals surface area contributed by atoms with Gasteiger partial charge in [0.25, 0.3) is 5.91 Å². The normalized spacial score (nSPS) is 10.2. The number of anilines is 1. The largest absolute Gasteiger partial charge is 0.478 e. The third-order valence-electron chi connectivity index (χ3n) is 3.74. The molecule has 1 heterocycles. The summed E-state index contributed by atoms with van der Waals surface area (Å²) in [6.07, 6.45) is 7.62. The van der Waals surface area contributed by atoms with Crippen molar-refractivity contribution in [1.29, 1.82) is 5.26 Å². The number of benzene rings is 1. The summed E-state index contributed by atoms with van der Waals surface area (Å²) in [6.45, 7) is 2.17. The first-order chi connectivity index (χ1) is 13.0. The number of rotatable bonds is 9. The molecule has 7 nitrogen and oxygen atoms in total. The molecule has 1 aromatic carbocycles. The number of hydrogen-bond acceptors (Lipinski definition) is 6. The lowest BCUT2D eigenvalue weighted by atomic mass is 10.1. The van der Waals surface area contributed by atoms with Crippen LogP contribution in [-0.2, 0) is 0 Å². The van der Waals surface area contributed by atoms with E-state index in [0.29, 0.717) is 0 Å². The molecule has 0 fully saturated rings. The Labute approximate surface area is 161 Å². The van der Waals surface area contributed by atoms with E-state index in [-0.39, 0.29) is 22.5 Å². The van der Waals surface area contributed by atoms with Crippen molar-refractivity contribution in [1.82, 2.24) is 9.97 Å². The third-order valence-corrected chi connectivity index (χ3v) is 4.74. The number of hydrogen-bond donors (Lipinski definition) is 2. The summed E-state index contributed by atoms with van der Waals surface area (Å²) < 4.78 is 0. The highest BCUT2D eigenvalue weighted by atomic mass is 32.2. The standard InChI is InChI=1S/C19H20N4O3S/c1-2-3-4-5-8-27-17-12-21-16(11-22-17)18(24)23-15-7-6-13(10-20)9-14(15)19(25)26/h6-7,9,11-12H,2-5,8H2,1H3,(H,23,24)(H,25,26). The van der Waals surface area contributed by atoms with Gasteiger partial charge in [-0.3, -0.25) is 4.79 Å². The number of thioether (sulfide) groups is 1. The second-order valence-corrected chi connectivity index (χ2v) is 6.90. The molecule has 2 rings (SSSR count). The van der Waals surface area contributed by atoms with Gasteiger partial charge in [-0.15, -0.1) is 11.8 Å². The van der Waals surface area contributed by atoms with Gasteiger partial charge in [0.2, 0.25) is 0 Å². The molecule has 8 heteroatoms. The average molecular weight is 384 g/mol. The first-order valence-electron chi connectivity index (χ1n) is 8.58. The van der Waals surface area contributed by atoms with Crippen LogP contribution in [0.15, 0.2) is 35.6 Å². The van der Waals surface area contributed by atoms with Crippen molar-refractivity contribution < 1.29 is 14.7 Å². The molecule has 1 amide bonds. The minimum atomic E-state index is -1.23. The summed E-state index contributed by atoms with van der Waals surface area (Å²) in [4.78, 5) is 32.0. The van der Waals surface area contributed by atoms with Crippen molar-refractivity contribution in [3.05, 3.63) is 47.4 Å². The maximum Gasteiger partial charge on any atom is 0.337 e. The molecule has 0 aliphatic heterocycles. The number of unbranched alkanes of at least 4 members (excludes halogenated alkanes) is 3. The fourth-order valence-electron chi connectivity index (χ4n) is 2.30. The van der Waals surface area contributed by atoms with E-state index in [1.165, 1.54) is 49.9 Å². The molecule has 0 bridgehead atoms. The van der Waals surface area contributed by atoms with Crippen molar-refractivity contribution in [2.75, 3.05) is 11.1 Å². The number of aromatic nitrogens is 2. The maximum atomic E-state index is 12.3. The van der Waals surface area contributed by atoms with E-state index < -0.39 is 11.9 Å². The zero-order valence-electron chi connectivity index (χ0n) is 14.9. The van der Waals surface area contributed by atoms with Gasteiger partial charge in [-0.1, -0.05) is 26.2 Å². The summed E-state index contributed by atoms with van der Waals surface area (Å²) >= 11 is 1.59. The Bertz CT molecular complexity index is 847. The van der Waals surface area contributed by atoms with Crippen molar-refractivity contribution in [2.45, 2.75) is 37.6 Å². The van der Waals surface area contributed by atoms with Crippen LogP contribution in [0.4, 0.5) is 5.69 Å². The Balaban J connectivity index is 2.00. The van der Waals surface area contributed by atoms with Crippen LogP contribution in [0.5, 0.6) is 0 Å². The van der Waals surface area contributed by atoms with Crippen LogP contribution in [0.25, 0.3) is 0 Å². The minimum Gasteiger partial charge on any atom is -0.478 e. The maximum absolute atomic E-state index is 12.3. The number of amides is 1. The first kappa shape index (κ1) is 20.4. The number of carbonyl (C=O) groups is 2. The van der Waals surface area contributed by atoms with Crippen LogP contribution in [-0.4, -0.2) is 32.7 Å². The molecular formula is C19H20N4O3S. The number of aromatic carboxylic acids is 1. The predicted octanol–water partition coefficient (Wildman–Crippen LogP) is 3.97. The number of carboxylic acids is 1. The van der Waals surface area contributed by atoms with Gasteiger partial charge in [-0.25, -0.2) is 14.8 Å². The molecule has 0 spiro atoms. The summed E-state index contributed by atoms with van der Waals surface area (Å²) in [7, 11) is 0. The number of nitrogens with one attached hydrogen (secondary N) is 1. The van der Waals surface area contributed by atoms with Crippen LogP contribution in [0.1, 0.15) is 59.0 Å². The van der Waals surface area contributed by atoms with Gasteiger partial charge >= 0.3 is 5.97 Å². The molecule has 0 aliphatic rings. The smallest absolute Gasteiger partial charge is 0.337 e. The molecule has 0 saturated carbocycles. The lowest BCUT2D eigenvalue weighted by molar-refractivity contribution is 0.0698. The van der Waals surface area contributed by atoms with E-state index in [9.17, 15) is 14.7 Å². The Morgan fingerprint density at radius 1 is 1.22 bits per heavy atom. The Morgan fingerprint density at radius 3 is 2.67 bits per heavy atom. The Morgan fingerprint density at radius 2 is 2.04 bits per heavy atom. The second kappa shape index (κ2) is 10.3. The van der Waals surface area contributed by atoms with Crippen LogP contribution < -0.4 is 5.32 Å². The van der Waals surface area contributed by atoms with Gasteiger partial charge in [0.05, 0.1) is 35.3 Å². The quantitative estimate of drug-likeness (QED) is 0.496. The van der Waals surface area contributed by atoms with Gasteiger partial charge in [0.15, 0.2) is 0 Å². The van der Waals surface area contributed by atoms with E-state index in [4.69, 9.17) is 5.26 Å². The van der Waals surface area contributed by atoms with Crippen molar-refractivity contribution in [3.8, 4) is 6.07 Å². The first-order valence-corrected chi connectivity index (χ1v) is 9.57. The molecule has 140 valence electrons. The van der Waals surface area contributed by atoms with Crippen molar-refractivity contribution in [2.24, 2.45) is 0 Å². The highest BCUT2D eigenvalue weighted by Crippen LogP contribution is 2.19. The number of nitriles is 1. The molecule has 1 aromatic heterocycles. The SMILES string of the molecule is CCCCCCSc1cnc(C(=O)Nc2ccc(C#N)cc2C(=O)O)cn1. The van der Waals surface area contributed by atoms with Gasteiger partial charge in [-0.2, -0.15) is 5.26 Å². The molecule has 0 saturated heterocycles. The monoisotopic (exact) mass is 384 g/mol. The zero-order chi connectivity index (χ0) is 19.6. The molecule has 27 heavy (non-hydrogen) atoms.